The fourth-order valence-corrected chi connectivity index (χ4v) is 4.02. The number of thiazole rings is 1. The number of carbonyl (C=O) groups excluding carboxylic acids is 1. The predicted molar refractivity (Wildman–Crippen MR) is 98.5 cm³/mol. The van der Waals surface area contributed by atoms with Gasteiger partial charge in [-0.2, -0.15) is 11.3 Å². The van der Waals surface area contributed by atoms with Gasteiger partial charge in [-0.25, -0.2) is 9.78 Å². The lowest BCUT2D eigenvalue weighted by Gasteiger charge is -2.07. The maximum atomic E-state index is 12.3. The van der Waals surface area contributed by atoms with Gasteiger partial charge in [0.15, 0.2) is 5.69 Å². The van der Waals surface area contributed by atoms with Gasteiger partial charge in [-0.15, -0.1) is 11.3 Å². The zero-order valence-electron chi connectivity index (χ0n) is 12.6. The number of hydrogen-bond donors (Lipinski definition) is 0. The Morgan fingerprint density at radius 3 is 2.79 bits per heavy atom. The predicted octanol–water partition coefficient (Wildman–Crippen LogP) is 5.38. The van der Waals surface area contributed by atoms with Gasteiger partial charge in [-0.05, 0) is 27.8 Å². The van der Waals surface area contributed by atoms with E-state index in [4.69, 9.17) is 4.74 Å². The summed E-state index contributed by atoms with van der Waals surface area (Å²) in [6, 6.07) is 16.1. The third-order valence-electron chi connectivity index (χ3n) is 3.72. The molecule has 2 aromatic heterocycles. The van der Waals surface area contributed by atoms with Crippen LogP contribution in [0.15, 0.2) is 64.7 Å². The number of nitrogens with zero attached hydrogens (tertiary/aromatic N) is 1. The van der Waals surface area contributed by atoms with E-state index >= 15 is 0 Å². The maximum absolute atomic E-state index is 12.3. The van der Waals surface area contributed by atoms with Crippen LogP contribution < -0.4 is 0 Å². The average Bonchev–Trinajstić information content (AvgIpc) is 3.30. The summed E-state index contributed by atoms with van der Waals surface area (Å²) >= 11 is 3.07. The third-order valence-corrected chi connectivity index (χ3v) is 5.29. The van der Waals surface area contributed by atoms with Gasteiger partial charge in [0.25, 0.3) is 0 Å². The highest BCUT2D eigenvalue weighted by atomic mass is 32.1. The Bertz CT molecular complexity index is 984. The molecule has 0 bridgehead atoms. The van der Waals surface area contributed by atoms with Gasteiger partial charge in [0.05, 0.1) is 0 Å². The van der Waals surface area contributed by atoms with Gasteiger partial charge in [0, 0.05) is 16.3 Å². The van der Waals surface area contributed by atoms with Gasteiger partial charge in [0.2, 0.25) is 0 Å². The Labute approximate surface area is 147 Å². The Kier molecular flexibility index (Phi) is 4.11. The normalized spacial score (nSPS) is 10.8. The van der Waals surface area contributed by atoms with Crippen LogP contribution >= 0.6 is 22.7 Å². The van der Waals surface area contributed by atoms with Crippen LogP contribution in [0.4, 0.5) is 0 Å². The summed E-state index contributed by atoms with van der Waals surface area (Å²) in [4.78, 5) is 16.6. The number of ether oxygens (including phenoxy) is 1. The number of rotatable bonds is 4. The lowest BCUT2D eigenvalue weighted by atomic mass is 10.1. The Morgan fingerprint density at radius 2 is 1.92 bits per heavy atom. The van der Waals surface area contributed by atoms with Gasteiger partial charge in [-0.3, -0.25) is 0 Å². The standard InChI is InChI=1S/C19H13NO2S2/c21-19(17-12-24-18(20-17)15-8-9-23-11-15)22-10-14-6-3-5-13-4-1-2-7-16(13)14/h1-9,11-12H,10H2. The maximum Gasteiger partial charge on any atom is 0.358 e. The fraction of sp³-hybridized carbons (Fsp3) is 0.0526. The molecule has 0 aliphatic heterocycles. The molecule has 3 nitrogen and oxygen atoms in total. The zero-order valence-corrected chi connectivity index (χ0v) is 14.3. The van der Waals surface area contributed by atoms with E-state index in [1.54, 1.807) is 16.7 Å². The highest BCUT2D eigenvalue weighted by Gasteiger charge is 2.14. The van der Waals surface area contributed by atoms with E-state index < -0.39 is 0 Å². The van der Waals surface area contributed by atoms with E-state index in [9.17, 15) is 4.79 Å². The molecule has 0 atom stereocenters. The van der Waals surface area contributed by atoms with E-state index in [2.05, 4.69) is 4.98 Å². The average molecular weight is 351 g/mol. The van der Waals surface area contributed by atoms with Gasteiger partial charge in [0.1, 0.15) is 11.6 Å². The second-order valence-corrected chi connectivity index (χ2v) is 6.90. The fourth-order valence-electron chi connectivity index (χ4n) is 2.52. The Morgan fingerprint density at radius 1 is 1.04 bits per heavy atom. The van der Waals surface area contributed by atoms with Crippen LogP contribution in [0, 0.1) is 0 Å². The molecule has 2 aromatic carbocycles. The van der Waals surface area contributed by atoms with E-state index in [1.165, 1.54) is 11.3 Å². The molecule has 4 aromatic rings. The molecule has 0 amide bonds. The van der Waals surface area contributed by atoms with Crippen molar-refractivity contribution >= 4 is 39.4 Å². The molecule has 0 radical (unpaired) electrons. The molecule has 5 heteroatoms. The minimum Gasteiger partial charge on any atom is -0.456 e. The molecule has 4 rings (SSSR count). The monoisotopic (exact) mass is 351 g/mol. The molecular weight excluding hydrogens is 338 g/mol. The number of carbonyl (C=O) groups is 1. The number of esters is 1. The molecule has 0 unspecified atom stereocenters. The van der Waals surface area contributed by atoms with E-state index in [-0.39, 0.29) is 12.6 Å². The molecular formula is C19H13NO2S2. The van der Waals surface area contributed by atoms with Crippen LogP contribution in [-0.2, 0) is 11.3 Å². The van der Waals surface area contributed by atoms with E-state index in [0.29, 0.717) is 5.69 Å². The molecule has 24 heavy (non-hydrogen) atoms. The molecule has 118 valence electrons. The Balaban J connectivity index is 1.50. The van der Waals surface area contributed by atoms with Crippen molar-refractivity contribution < 1.29 is 9.53 Å². The van der Waals surface area contributed by atoms with Gasteiger partial charge in [-0.1, -0.05) is 42.5 Å². The number of thiophene rings is 1. The first-order valence-corrected chi connectivity index (χ1v) is 9.25. The Hall–Kier alpha value is -2.50. The van der Waals surface area contributed by atoms with Gasteiger partial charge < -0.3 is 4.74 Å². The van der Waals surface area contributed by atoms with Crippen molar-refractivity contribution in [1.29, 1.82) is 0 Å². The molecule has 0 spiro atoms. The smallest absolute Gasteiger partial charge is 0.358 e. The van der Waals surface area contributed by atoms with Crippen LogP contribution in [-0.4, -0.2) is 11.0 Å². The first kappa shape index (κ1) is 15.1. The number of aromatic nitrogens is 1. The van der Waals surface area contributed by atoms with Gasteiger partial charge >= 0.3 is 5.97 Å². The van der Waals surface area contributed by atoms with E-state index in [1.807, 2.05) is 59.3 Å². The molecule has 0 N–H and O–H groups in total. The second kappa shape index (κ2) is 6.55. The highest BCUT2D eigenvalue weighted by molar-refractivity contribution is 7.14. The summed E-state index contributed by atoms with van der Waals surface area (Å²) in [6.45, 7) is 0.242. The molecule has 0 aliphatic rings. The molecule has 2 heterocycles. The lowest BCUT2D eigenvalue weighted by Crippen LogP contribution is -2.06. The molecule has 0 saturated carbocycles. The first-order chi connectivity index (χ1) is 11.8. The highest BCUT2D eigenvalue weighted by Crippen LogP contribution is 2.26. The topological polar surface area (TPSA) is 39.2 Å². The van der Waals surface area contributed by atoms with E-state index in [0.717, 1.165) is 26.9 Å². The van der Waals surface area contributed by atoms with Crippen molar-refractivity contribution in [2.45, 2.75) is 6.61 Å². The minimum absolute atomic E-state index is 0.242. The summed E-state index contributed by atoms with van der Waals surface area (Å²) < 4.78 is 5.46. The van der Waals surface area contributed by atoms with Crippen molar-refractivity contribution in [3.8, 4) is 10.6 Å². The quantitative estimate of drug-likeness (QED) is 0.463. The summed E-state index contributed by atoms with van der Waals surface area (Å²) in [5, 5.41) is 8.84. The minimum atomic E-state index is -0.388. The summed E-state index contributed by atoms with van der Waals surface area (Å²) in [6.07, 6.45) is 0. The third kappa shape index (κ3) is 2.96. The molecule has 0 saturated heterocycles. The largest absolute Gasteiger partial charge is 0.456 e. The number of benzene rings is 2. The van der Waals surface area contributed by atoms with Crippen LogP contribution in [0.2, 0.25) is 0 Å². The van der Waals surface area contributed by atoms with Crippen molar-refractivity contribution in [3.05, 3.63) is 75.9 Å². The number of hydrogen-bond acceptors (Lipinski definition) is 5. The summed E-state index contributed by atoms with van der Waals surface area (Å²) in [5.41, 5.74) is 2.40. The van der Waals surface area contributed by atoms with Crippen LogP contribution in [0.3, 0.4) is 0 Å². The number of fused-ring (bicyclic) bond motifs is 1. The summed E-state index contributed by atoms with van der Waals surface area (Å²) in [7, 11) is 0. The van der Waals surface area contributed by atoms with Crippen molar-refractivity contribution in [3.63, 3.8) is 0 Å². The van der Waals surface area contributed by atoms with Crippen molar-refractivity contribution in [2.75, 3.05) is 0 Å². The molecule has 0 aliphatic carbocycles. The molecule has 0 fully saturated rings. The lowest BCUT2D eigenvalue weighted by molar-refractivity contribution is 0.0468. The SMILES string of the molecule is O=C(OCc1cccc2ccccc12)c1csc(-c2ccsc2)n1. The van der Waals surface area contributed by atoms with Crippen molar-refractivity contribution in [2.24, 2.45) is 0 Å². The van der Waals surface area contributed by atoms with Crippen LogP contribution in [0.5, 0.6) is 0 Å². The van der Waals surface area contributed by atoms with Crippen molar-refractivity contribution in [1.82, 2.24) is 4.98 Å². The zero-order chi connectivity index (χ0) is 16.4. The first-order valence-electron chi connectivity index (χ1n) is 7.43. The summed E-state index contributed by atoms with van der Waals surface area (Å²) in [5.74, 6) is -0.388. The van der Waals surface area contributed by atoms with Crippen LogP contribution in [0.1, 0.15) is 16.1 Å². The van der Waals surface area contributed by atoms with Crippen LogP contribution in [0.25, 0.3) is 21.3 Å². The second-order valence-electron chi connectivity index (χ2n) is 5.26.